The van der Waals surface area contributed by atoms with Gasteiger partial charge in [0.05, 0.1) is 9.82 Å². The number of anilines is 1. The molecule has 4 rings (SSSR count). The van der Waals surface area contributed by atoms with Gasteiger partial charge >= 0.3 is 0 Å². The quantitative estimate of drug-likeness (QED) is 0.394. The second-order valence-electron chi connectivity index (χ2n) is 6.94. The standard InChI is InChI=1S/C19H18ClN5O4S2/c20-15-3-1-14(2-4-15)13-18-21-19(30-22-18)23-9-11-24(12-10-23)31(28,29)17-7-5-16(6-8-17)25(26)27/h1-8H,9-13H2. The molecule has 31 heavy (non-hydrogen) atoms. The van der Waals surface area contributed by atoms with Crippen molar-refractivity contribution in [2.75, 3.05) is 31.1 Å². The van der Waals surface area contributed by atoms with E-state index in [2.05, 4.69) is 9.36 Å². The zero-order chi connectivity index (χ0) is 22.0. The predicted molar refractivity (Wildman–Crippen MR) is 118 cm³/mol. The average Bonchev–Trinajstić information content (AvgIpc) is 3.24. The number of nitro benzene ring substituents is 1. The van der Waals surface area contributed by atoms with Crippen molar-refractivity contribution in [3.63, 3.8) is 0 Å². The number of non-ortho nitro benzene ring substituents is 1. The minimum atomic E-state index is -3.71. The van der Waals surface area contributed by atoms with Crippen LogP contribution in [0.2, 0.25) is 5.02 Å². The first-order valence-electron chi connectivity index (χ1n) is 9.39. The van der Waals surface area contributed by atoms with Gasteiger partial charge in [0.2, 0.25) is 15.2 Å². The van der Waals surface area contributed by atoms with Crippen LogP contribution in [-0.4, -0.2) is 53.2 Å². The summed E-state index contributed by atoms with van der Waals surface area (Å²) in [6, 6.07) is 12.5. The summed E-state index contributed by atoms with van der Waals surface area (Å²) in [5.74, 6) is 0.711. The van der Waals surface area contributed by atoms with E-state index in [0.29, 0.717) is 43.4 Å². The highest BCUT2D eigenvalue weighted by molar-refractivity contribution is 7.89. The van der Waals surface area contributed by atoms with E-state index in [-0.39, 0.29) is 10.6 Å². The van der Waals surface area contributed by atoms with E-state index in [1.54, 1.807) is 0 Å². The second kappa shape index (κ2) is 8.87. The molecule has 0 saturated carbocycles. The molecule has 0 unspecified atom stereocenters. The molecule has 1 aromatic heterocycles. The molecule has 3 aromatic rings. The number of piperazine rings is 1. The van der Waals surface area contributed by atoms with Crippen molar-refractivity contribution >= 4 is 44.0 Å². The Kier molecular flexibility index (Phi) is 6.19. The molecule has 162 valence electrons. The van der Waals surface area contributed by atoms with Crippen LogP contribution in [0.4, 0.5) is 10.8 Å². The molecule has 1 aliphatic heterocycles. The van der Waals surface area contributed by atoms with Crippen LogP contribution in [0.5, 0.6) is 0 Å². The molecule has 0 N–H and O–H groups in total. The summed E-state index contributed by atoms with van der Waals surface area (Å²) >= 11 is 7.21. The van der Waals surface area contributed by atoms with Crippen molar-refractivity contribution in [3.8, 4) is 0 Å². The lowest BCUT2D eigenvalue weighted by Crippen LogP contribution is -2.48. The number of halogens is 1. The number of nitrogens with zero attached hydrogens (tertiary/aromatic N) is 5. The van der Waals surface area contributed by atoms with Gasteiger partial charge in [-0.25, -0.2) is 13.4 Å². The average molecular weight is 480 g/mol. The summed E-state index contributed by atoms with van der Waals surface area (Å²) in [7, 11) is -3.71. The van der Waals surface area contributed by atoms with Crippen LogP contribution in [-0.2, 0) is 16.4 Å². The van der Waals surface area contributed by atoms with Crippen molar-refractivity contribution < 1.29 is 13.3 Å². The Bertz CT molecular complexity index is 1170. The molecule has 1 saturated heterocycles. The summed E-state index contributed by atoms with van der Waals surface area (Å²) in [6.45, 7) is 1.57. The van der Waals surface area contributed by atoms with Crippen molar-refractivity contribution in [1.82, 2.24) is 13.7 Å². The first-order chi connectivity index (χ1) is 14.8. The van der Waals surface area contributed by atoms with Gasteiger partial charge in [-0.1, -0.05) is 23.7 Å². The van der Waals surface area contributed by atoms with E-state index in [9.17, 15) is 18.5 Å². The number of nitro groups is 1. The fourth-order valence-electron chi connectivity index (χ4n) is 3.24. The number of hydrogen-bond acceptors (Lipinski definition) is 8. The number of rotatable bonds is 6. The zero-order valence-corrected chi connectivity index (χ0v) is 18.6. The van der Waals surface area contributed by atoms with Gasteiger partial charge in [-0.05, 0) is 29.8 Å². The van der Waals surface area contributed by atoms with Crippen molar-refractivity contribution in [2.24, 2.45) is 0 Å². The van der Waals surface area contributed by atoms with E-state index in [0.717, 1.165) is 10.7 Å². The Balaban J connectivity index is 1.38. The van der Waals surface area contributed by atoms with E-state index in [1.807, 2.05) is 29.2 Å². The van der Waals surface area contributed by atoms with Crippen LogP contribution in [0, 0.1) is 10.1 Å². The third-order valence-corrected chi connectivity index (χ3v) is 7.91. The van der Waals surface area contributed by atoms with Gasteiger partial charge < -0.3 is 4.90 Å². The van der Waals surface area contributed by atoms with E-state index >= 15 is 0 Å². The third kappa shape index (κ3) is 4.85. The smallest absolute Gasteiger partial charge is 0.269 e. The molecule has 0 atom stereocenters. The molecule has 1 aliphatic rings. The second-order valence-corrected chi connectivity index (χ2v) is 10.0. The normalized spacial score (nSPS) is 15.2. The van der Waals surface area contributed by atoms with Gasteiger partial charge in [-0.15, -0.1) is 0 Å². The molecule has 12 heteroatoms. The maximum Gasteiger partial charge on any atom is 0.269 e. The predicted octanol–water partition coefficient (Wildman–Crippen LogP) is 3.20. The van der Waals surface area contributed by atoms with Gasteiger partial charge in [0, 0.05) is 61.3 Å². The molecule has 9 nitrogen and oxygen atoms in total. The summed E-state index contributed by atoms with van der Waals surface area (Å²) in [4.78, 5) is 16.9. The molecular formula is C19H18ClN5O4S2. The molecule has 2 aromatic carbocycles. The van der Waals surface area contributed by atoms with Gasteiger partial charge in [0.1, 0.15) is 5.82 Å². The Morgan fingerprint density at radius 1 is 1.03 bits per heavy atom. The molecule has 2 heterocycles. The minimum Gasteiger partial charge on any atom is -0.344 e. The number of sulfonamides is 1. The van der Waals surface area contributed by atoms with Crippen LogP contribution < -0.4 is 4.90 Å². The monoisotopic (exact) mass is 479 g/mol. The molecule has 0 aliphatic carbocycles. The first kappa shape index (κ1) is 21.6. The lowest BCUT2D eigenvalue weighted by molar-refractivity contribution is -0.384. The van der Waals surface area contributed by atoms with Gasteiger partial charge in [0.25, 0.3) is 5.69 Å². The lowest BCUT2D eigenvalue weighted by Gasteiger charge is -2.33. The number of aromatic nitrogens is 2. The van der Waals surface area contributed by atoms with Gasteiger partial charge in [-0.2, -0.15) is 8.68 Å². The maximum absolute atomic E-state index is 12.8. The van der Waals surface area contributed by atoms with Gasteiger partial charge in [-0.3, -0.25) is 10.1 Å². The summed E-state index contributed by atoms with van der Waals surface area (Å²) in [5, 5.41) is 12.2. The molecule has 0 bridgehead atoms. The lowest BCUT2D eigenvalue weighted by atomic mass is 10.1. The fraction of sp³-hybridized carbons (Fsp3) is 0.263. The van der Waals surface area contributed by atoms with Crippen LogP contribution in [0.25, 0.3) is 0 Å². The largest absolute Gasteiger partial charge is 0.344 e. The topological polar surface area (TPSA) is 110 Å². The van der Waals surface area contributed by atoms with Crippen LogP contribution >= 0.6 is 23.1 Å². The maximum atomic E-state index is 12.8. The Labute approximate surface area is 188 Å². The fourth-order valence-corrected chi connectivity index (χ4v) is 5.52. The van der Waals surface area contributed by atoms with Crippen LogP contribution in [0.3, 0.4) is 0 Å². The first-order valence-corrected chi connectivity index (χ1v) is 12.0. The highest BCUT2D eigenvalue weighted by Crippen LogP contribution is 2.24. The molecule has 1 fully saturated rings. The Morgan fingerprint density at radius 2 is 1.68 bits per heavy atom. The number of benzene rings is 2. The van der Waals surface area contributed by atoms with Crippen LogP contribution in [0.15, 0.2) is 53.4 Å². The molecule has 0 radical (unpaired) electrons. The SMILES string of the molecule is O=[N+]([O-])c1ccc(S(=O)(=O)N2CCN(c3nc(Cc4ccc(Cl)cc4)ns3)CC2)cc1. The summed E-state index contributed by atoms with van der Waals surface area (Å²) < 4.78 is 31.5. The van der Waals surface area contributed by atoms with E-state index in [1.165, 1.54) is 40.1 Å². The van der Waals surface area contributed by atoms with Crippen molar-refractivity contribution in [3.05, 3.63) is 75.1 Å². The van der Waals surface area contributed by atoms with E-state index < -0.39 is 14.9 Å². The Morgan fingerprint density at radius 3 is 2.29 bits per heavy atom. The van der Waals surface area contributed by atoms with Crippen LogP contribution in [0.1, 0.15) is 11.4 Å². The van der Waals surface area contributed by atoms with Gasteiger partial charge in [0.15, 0.2) is 0 Å². The summed E-state index contributed by atoms with van der Waals surface area (Å²) in [5.41, 5.74) is 0.919. The summed E-state index contributed by atoms with van der Waals surface area (Å²) in [6.07, 6.45) is 0.599. The molecular weight excluding hydrogens is 462 g/mol. The van der Waals surface area contributed by atoms with Crippen molar-refractivity contribution in [1.29, 1.82) is 0 Å². The molecule has 0 spiro atoms. The third-order valence-electron chi connectivity index (χ3n) is 4.93. The number of hydrogen-bond donors (Lipinski definition) is 0. The van der Waals surface area contributed by atoms with E-state index in [4.69, 9.17) is 11.6 Å². The molecule has 0 amide bonds. The highest BCUT2D eigenvalue weighted by atomic mass is 35.5. The minimum absolute atomic E-state index is 0.0488. The Hall–Kier alpha value is -2.60. The zero-order valence-electron chi connectivity index (χ0n) is 16.2. The van der Waals surface area contributed by atoms with Crippen molar-refractivity contribution in [2.45, 2.75) is 11.3 Å². The highest BCUT2D eigenvalue weighted by Gasteiger charge is 2.30.